The van der Waals surface area contributed by atoms with E-state index in [1.165, 1.54) is 5.56 Å². The quantitative estimate of drug-likeness (QED) is 0.644. The number of carbonyl (C=O) groups is 1. The Balaban J connectivity index is 1.61. The SMILES string of the molecule is Cc1csc([C@@H](Cc2ccsc2)NC(=O)CN(C)Cc2cccnc2)n1. The number of hydrogen-bond donors (Lipinski definition) is 1. The van der Waals surface area contributed by atoms with Gasteiger partial charge in [-0.1, -0.05) is 6.07 Å². The Bertz CT molecular complexity index is 817. The number of nitrogens with one attached hydrogen (secondary N) is 1. The summed E-state index contributed by atoms with van der Waals surface area (Å²) < 4.78 is 0. The monoisotopic (exact) mass is 386 g/mol. The number of aryl methyl sites for hydroxylation is 1. The second kappa shape index (κ2) is 9.02. The van der Waals surface area contributed by atoms with E-state index in [1.54, 1.807) is 28.9 Å². The zero-order valence-electron chi connectivity index (χ0n) is 14.9. The zero-order chi connectivity index (χ0) is 18.4. The summed E-state index contributed by atoms with van der Waals surface area (Å²) in [7, 11) is 1.94. The van der Waals surface area contributed by atoms with E-state index in [2.05, 4.69) is 32.1 Å². The molecule has 3 aromatic rings. The molecule has 3 rings (SSSR count). The lowest BCUT2D eigenvalue weighted by molar-refractivity contribution is -0.122. The van der Waals surface area contributed by atoms with Crippen LogP contribution in [-0.2, 0) is 17.8 Å². The van der Waals surface area contributed by atoms with Crippen LogP contribution in [0, 0.1) is 6.92 Å². The van der Waals surface area contributed by atoms with Crippen LogP contribution < -0.4 is 5.32 Å². The number of carbonyl (C=O) groups excluding carboxylic acids is 1. The molecular weight excluding hydrogens is 364 g/mol. The van der Waals surface area contributed by atoms with E-state index in [0.717, 1.165) is 22.7 Å². The molecule has 3 heterocycles. The molecule has 0 spiro atoms. The van der Waals surface area contributed by atoms with Crippen LogP contribution in [0.25, 0.3) is 0 Å². The van der Waals surface area contributed by atoms with Crippen molar-refractivity contribution >= 4 is 28.6 Å². The number of amides is 1. The van der Waals surface area contributed by atoms with Crippen molar-refractivity contribution in [2.24, 2.45) is 0 Å². The fourth-order valence-electron chi connectivity index (χ4n) is 2.72. The van der Waals surface area contributed by atoms with Crippen LogP contribution in [-0.4, -0.2) is 34.4 Å². The van der Waals surface area contributed by atoms with Crippen LogP contribution in [0.2, 0.25) is 0 Å². The van der Waals surface area contributed by atoms with E-state index in [0.29, 0.717) is 13.1 Å². The molecular formula is C19H22N4OS2. The first-order chi connectivity index (χ1) is 12.6. The van der Waals surface area contributed by atoms with Crippen LogP contribution in [0.3, 0.4) is 0 Å². The highest BCUT2D eigenvalue weighted by Crippen LogP contribution is 2.23. The number of pyridine rings is 1. The molecule has 0 saturated carbocycles. The maximum atomic E-state index is 12.6. The predicted octanol–water partition coefficient (Wildman–Crippen LogP) is 3.44. The van der Waals surface area contributed by atoms with Crippen LogP contribution in [0.15, 0.2) is 46.7 Å². The van der Waals surface area contributed by atoms with Gasteiger partial charge in [-0.15, -0.1) is 11.3 Å². The van der Waals surface area contributed by atoms with Gasteiger partial charge in [0.05, 0.1) is 12.6 Å². The summed E-state index contributed by atoms with van der Waals surface area (Å²) in [6.07, 6.45) is 4.34. The van der Waals surface area contributed by atoms with Gasteiger partial charge >= 0.3 is 0 Å². The summed E-state index contributed by atoms with van der Waals surface area (Å²) in [5.74, 6) is 0.00414. The van der Waals surface area contributed by atoms with Gasteiger partial charge in [0, 0.05) is 36.4 Å². The maximum absolute atomic E-state index is 12.6. The first-order valence-corrected chi connectivity index (χ1v) is 10.2. The highest BCUT2D eigenvalue weighted by atomic mass is 32.1. The summed E-state index contributed by atoms with van der Waals surface area (Å²) in [5, 5.41) is 10.3. The molecule has 1 atom stereocenters. The third kappa shape index (κ3) is 5.45. The third-order valence-electron chi connectivity index (χ3n) is 3.88. The van der Waals surface area contributed by atoms with Crippen LogP contribution >= 0.6 is 22.7 Å². The molecule has 26 heavy (non-hydrogen) atoms. The third-order valence-corrected chi connectivity index (χ3v) is 5.69. The summed E-state index contributed by atoms with van der Waals surface area (Å²) in [6.45, 7) is 3.00. The summed E-state index contributed by atoms with van der Waals surface area (Å²) in [6, 6.07) is 5.92. The molecule has 1 amide bonds. The van der Waals surface area contributed by atoms with Crippen molar-refractivity contribution in [1.29, 1.82) is 0 Å². The normalized spacial score (nSPS) is 12.3. The fraction of sp³-hybridized carbons (Fsp3) is 0.316. The van der Waals surface area contributed by atoms with E-state index >= 15 is 0 Å². The van der Waals surface area contributed by atoms with Gasteiger partial charge in [0.1, 0.15) is 5.01 Å². The van der Waals surface area contributed by atoms with E-state index < -0.39 is 0 Å². The molecule has 0 saturated heterocycles. The number of likely N-dealkylation sites (N-methyl/N-ethyl adjacent to an activating group) is 1. The van der Waals surface area contributed by atoms with Gasteiger partial charge in [-0.2, -0.15) is 11.3 Å². The number of aromatic nitrogens is 2. The first-order valence-electron chi connectivity index (χ1n) is 8.40. The molecule has 0 fully saturated rings. The summed E-state index contributed by atoms with van der Waals surface area (Å²) in [4.78, 5) is 23.3. The summed E-state index contributed by atoms with van der Waals surface area (Å²) in [5.41, 5.74) is 3.30. The van der Waals surface area contributed by atoms with Gasteiger partial charge in [0.25, 0.3) is 0 Å². The molecule has 0 aliphatic heterocycles. The lowest BCUT2D eigenvalue weighted by atomic mass is 10.1. The van der Waals surface area contributed by atoms with Crippen molar-refractivity contribution in [3.63, 3.8) is 0 Å². The Morgan fingerprint density at radius 1 is 1.31 bits per heavy atom. The Hall–Kier alpha value is -2.09. The molecule has 3 aromatic heterocycles. The fourth-order valence-corrected chi connectivity index (χ4v) is 4.25. The van der Waals surface area contributed by atoms with Crippen molar-refractivity contribution in [3.8, 4) is 0 Å². The Labute approximate surface area is 161 Å². The van der Waals surface area contributed by atoms with Gasteiger partial charge in [-0.25, -0.2) is 4.98 Å². The van der Waals surface area contributed by atoms with Crippen molar-refractivity contribution < 1.29 is 4.79 Å². The van der Waals surface area contributed by atoms with E-state index in [-0.39, 0.29) is 11.9 Å². The Kier molecular flexibility index (Phi) is 6.49. The number of thiazole rings is 1. The van der Waals surface area contributed by atoms with Gasteiger partial charge < -0.3 is 5.32 Å². The minimum Gasteiger partial charge on any atom is -0.345 e. The molecule has 0 bridgehead atoms. The zero-order valence-corrected chi connectivity index (χ0v) is 16.5. The second-order valence-corrected chi connectivity index (χ2v) is 7.99. The largest absolute Gasteiger partial charge is 0.345 e. The van der Waals surface area contributed by atoms with E-state index in [1.807, 2.05) is 42.6 Å². The van der Waals surface area contributed by atoms with Crippen molar-refractivity contribution in [3.05, 3.63) is 68.6 Å². The molecule has 5 nitrogen and oxygen atoms in total. The van der Waals surface area contributed by atoms with Crippen molar-refractivity contribution in [2.75, 3.05) is 13.6 Å². The molecule has 1 N–H and O–H groups in total. The molecule has 0 radical (unpaired) electrons. The molecule has 136 valence electrons. The maximum Gasteiger partial charge on any atom is 0.234 e. The lowest BCUT2D eigenvalue weighted by Gasteiger charge is -2.20. The molecule has 0 unspecified atom stereocenters. The smallest absolute Gasteiger partial charge is 0.234 e. The Morgan fingerprint density at radius 3 is 2.85 bits per heavy atom. The minimum absolute atomic E-state index is 0.00414. The van der Waals surface area contributed by atoms with Gasteiger partial charge in [0.2, 0.25) is 5.91 Å². The highest BCUT2D eigenvalue weighted by molar-refractivity contribution is 7.09. The minimum atomic E-state index is -0.0948. The lowest BCUT2D eigenvalue weighted by Crippen LogP contribution is -2.37. The molecule has 0 aromatic carbocycles. The predicted molar refractivity (Wildman–Crippen MR) is 106 cm³/mol. The van der Waals surface area contributed by atoms with Gasteiger partial charge in [-0.05, 0) is 48.0 Å². The first kappa shape index (κ1) is 18.7. The molecule has 7 heteroatoms. The Morgan fingerprint density at radius 2 is 2.19 bits per heavy atom. The topological polar surface area (TPSA) is 58.1 Å². The van der Waals surface area contributed by atoms with Crippen molar-refractivity contribution in [1.82, 2.24) is 20.2 Å². The average molecular weight is 387 g/mol. The second-order valence-electron chi connectivity index (χ2n) is 6.32. The van der Waals surface area contributed by atoms with E-state index in [4.69, 9.17) is 0 Å². The van der Waals surface area contributed by atoms with Gasteiger partial charge in [-0.3, -0.25) is 14.7 Å². The van der Waals surface area contributed by atoms with Crippen LogP contribution in [0.5, 0.6) is 0 Å². The molecule has 0 aliphatic carbocycles. The summed E-state index contributed by atoms with van der Waals surface area (Å²) >= 11 is 3.27. The van der Waals surface area contributed by atoms with Crippen molar-refractivity contribution in [2.45, 2.75) is 25.9 Å². The standard InChI is InChI=1S/C19H22N4OS2/c1-14-12-26-19(21-14)17(8-15-5-7-25-13-15)22-18(24)11-23(2)10-16-4-3-6-20-9-16/h3-7,9,12-13,17H,8,10-11H2,1-2H3,(H,22,24)/t17-/m1/s1. The van der Waals surface area contributed by atoms with E-state index in [9.17, 15) is 4.79 Å². The number of thiophene rings is 1. The highest BCUT2D eigenvalue weighted by Gasteiger charge is 2.19. The average Bonchev–Trinajstić information content (AvgIpc) is 3.26. The number of rotatable bonds is 8. The molecule has 0 aliphatic rings. The number of nitrogens with zero attached hydrogens (tertiary/aromatic N) is 3. The van der Waals surface area contributed by atoms with Gasteiger partial charge in [0.15, 0.2) is 0 Å². The van der Waals surface area contributed by atoms with Crippen LogP contribution in [0.1, 0.15) is 27.9 Å². The van der Waals surface area contributed by atoms with Crippen LogP contribution in [0.4, 0.5) is 0 Å². The number of hydrogen-bond acceptors (Lipinski definition) is 6.